The van der Waals surface area contributed by atoms with Crippen LogP contribution in [0.2, 0.25) is 0 Å². The lowest BCUT2D eigenvalue weighted by Crippen LogP contribution is -2.66. The van der Waals surface area contributed by atoms with Crippen LogP contribution in [0.4, 0.5) is 28.2 Å². The van der Waals surface area contributed by atoms with Gasteiger partial charge in [0.15, 0.2) is 0 Å². The molecule has 0 radical (unpaired) electrons. The van der Waals surface area contributed by atoms with E-state index in [0.717, 1.165) is 4.90 Å². The number of amides is 4. The van der Waals surface area contributed by atoms with Crippen molar-refractivity contribution in [3.8, 4) is 11.6 Å². The van der Waals surface area contributed by atoms with Crippen LogP contribution in [-0.2, 0) is 24.4 Å². The van der Waals surface area contributed by atoms with Gasteiger partial charge in [-0.05, 0) is 101 Å². The number of aromatic nitrogens is 1. The predicted molar refractivity (Wildman–Crippen MR) is 221 cm³/mol. The Morgan fingerprint density at radius 3 is 2.42 bits per heavy atom. The van der Waals surface area contributed by atoms with E-state index in [1.807, 2.05) is 36.6 Å². The highest BCUT2D eigenvalue weighted by Crippen LogP contribution is 2.48. The van der Waals surface area contributed by atoms with Crippen LogP contribution in [0.5, 0.6) is 11.6 Å². The van der Waals surface area contributed by atoms with E-state index < -0.39 is 99.1 Å². The van der Waals surface area contributed by atoms with Gasteiger partial charge in [-0.15, -0.1) is 0 Å². The molecular formula is C42H56F4N6O9S. The number of sulfonamides is 1. The van der Waals surface area contributed by atoms with Gasteiger partial charge in [0.25, 0.3) is 5.91 Å². The zero-order valence-corrected chi connectivity index (χ0v) is 36.7. The predicted octanol–water partition coefficient (Wildman–Crippen LogP) is 5.57. The molecule has 7 atom stereocenters. The third-order valence-corrected chi connectivity index (χ3v) is 15.2. The number of hydrogen-bond donors (Lipinski definition) is 3. The number of rotatable bonds is 11. The fraction of sp³-hybridized carbons (Fsp3) is 0.643. The van der Waals surface area contributed by atoms with Crippen molar-refractivity contribution < 1.29 is 59.7 Å². The summed E-state index contributed by atoms with van der Waals surface area (Å²) in [6.07, 6.45) is -4.04. The number of hydrogen-bond acceptors (Lipinski definition) is 10. The van der Waals surface area contributed by atoms with E-state index in [2.05, 4.69) is 5.32 Å². The summed E-state index contributed by atoms with van der Waals surface area (Å²) in [5.74, 6) is -3.89. The van der Waals surface area contributed by atoms with Crippen LogP contribution in [0.15, 0.2) is 36.4 Å². The van der Waals surface area contributed by atoms with Gasteiger partial charge in [0, 0.05) is 31.3 Å². The molecule has 342 valence electrons. The number of ether oxygens (including phenoxy) is 2. The molecule has 62 heavy (non-hydrogen) atoms. The minimum atomic E-state index is -5.12. The van der Waals surface area contributed by atoms with Crippen molar-refractivity contribution in [2.45, 2.75) is 120 Å². The minimum absolute atomic E-state index is 0.000936. The number of allylic oxidation sites excluding steroid dienone is 1. The summed E-state index contributed by atoms with van der Waals surface area (Å²) < 4.78 is 97.0. The molecule has 1 saturated heterocycles. The lowest BCUT2D eigenvalue weighted by atomic mass is 9.85. The summed E-state index contributed by atoms with van der Waals surface area (Å²) in [4.78, 5) is 64.5. The summed E-state index contributed by atoms with van der Waals surface area (Å²) in [5.41, 5.74) is -4.92. The van der Waals surface area contributed by atoms with Gasteiger partial charge in [0.2, 0.25) is 27.7 Å². The quantitative estimate of drug-likeness (QED) is 0.189. The first-order chi connectivity index (χ1) is 29.0. The van der Waals surface area contributed by atoms with Crippen LogP contribution in [0.3, 0.4) is 0 Å². The number of carbonyl (C=O) groups excluding carboxylic acids is 3. The number of benzene rings is 1. The Kier molecular flexibility index (Phi) is 12.8. The number of alkyl halides is 4. The van der Waals surface area contributed by atoms with Crippen LogP contribution < -0.4 is 24.4 Å². The average molecular weight is 897 g/mol. The maximum atomic E-state index is 15.1. The normalized spacial score (nSPS) is 28.3. The van der Waals surface area contributed by atoms with Crippen molar-refractivity contribution in [2.75, 3.05) is 38.8 Å². The third kappa shape index (κ3) is 8.71. The van der Waals surface area contributed by atoms with Crippen LogP contribution in [-0.4, -0.2) is 126 Å². The molecule has 0 bridgehead atoms. The molecule has 20 heteroatoms. The Labute approximate surface area is 358 Å². The van der Waals surface area contributed by atoms with Crippen molar-refractivity contribution in [2.24, 2.45) is 17.8 Å². The maximum absolute atomic E-state index is 15.1. The Morgan fingerprint density at radius 2 is 1.82 bits per heavy atom. The van der Waals surface area contributed by atoms with Gasteiger partial charge in [-0.1, -0.05) is 26.0 Å². The fourth-order valence-electron chi connectivity index (χ4n) is 8.66. The summed E-state index contributed by atoms with van der Waals surface area (Å²) in [7, 11) is -1.19. The number of fused-ring (bicyclic) bond motifs is 3. The van der Waals surface area contributed by atoms with Crippen molar-refractivity contribution in [3.05, 3.63) is 36.4 Å². The Morgan fingerprint density at radius 1 is 1.13 bits per heavy atom. The number of pyridine rings is 1. The van der Waals surface area contributed by atoms with Gasteiger partial charge in [0.05, 0.1) is 13.7 Å². The zero-order chi connectivity index (χ0) is 45.7. The monoisotopic (exact) mass is 896 g/mol. The van der Waals surface area contributed by atoms with Gasteiger partial charge in [-0.2, -0.15) is 18.2 Å². The molecule has 4 amide bonds. The number of carboxylic acid groups (broad SMARTS) is 1. The van der Waals surface area contributed by atoms with Gasteiger partial charge < -0.3 is 29.7 Å². The van der Waals surface area contributed by atoms with Crippen LogP contribution in [0, 0.1) is 17.8 Å². The number of halogens is 4. The number of carbonyl (C=O) groups is 4. The highest BCUT2D eigenvalue weighted by molar-refractivity contribution is 7.91. The van der Waals surface area contributed by atoms with E-state index in [1.54, 1.807) is 30.4 Å². The second kappa shape index (κ2) is 17.0. The standard InChI is InChI=1S/C42H56F4N6O9S/c1-8-50(6)32-19-26-18-28(60-7)13-14-30(26)35(47-32)61-29-20-31-34(53)48-41(37(55)49-62(58,59)40(23-43)15-16-40)21-27(41)12-10-9-11-24(2)17-25(3)33(36(54)51(31)22-29)52(38(56)57)39(4,5)42(44,45)46/h10,12-14,18-19,24-25,27,29,31,33H,8-9,11,15-17,20-23H2,1-7H3,(H,48,53)(H,49,55)(H,56,57)/b12-10-/t24-,25+,27+,29+,31-,33-,41+/m0/s1. The molecule has 4 aliphatic rings. The fourth-order valence-corrected chi connectivity index (χ4v) is 10.1. The zero-order valence-electron chi connectivity index (χ0n) is 35.9. The highest BCUT2D eigenvalue weighted by Gasteiger charge is 2.64. The second-order valence-electron chi connectivity index (χ2n) is 17.9. The maximum Gasteiger partial charge on any atom is 0.411 e. The molecule has 2 aliphatic heterocycles. The third-order valence-electron chi connectivity index (χ3n) is 13.1. The molecule has 0 unspecified atom stereocenters. The minimum Gasteiger partial charge on any atom is -0.497 e. The molecule has 0 spiro atoms. The van der Waals surface area contributed by atoms with E-state index in [9.17, 15) is 45.5 Å². The molecular weight excluding hydrogens is 841 g/mol. The number of methoxy groups -OCH3 is 1. The largest absolute Gasteiger partial charge is 0.497 e. The molecule has 3 heterocycles. The van der Waals surface area contributed by atoms with Gasteiger partial charge in [0.1, 0.15) is 52.3 Å². The molecule has 3 fully saturated rings. The molecule has 2 aromatic rings. The summed E-state index contributed by atoms with van der Waals surface area (Å²) in [6.45, 7) is 5.54. The highest BCUT2D eigenvalue weighted by atomic mass is 32.2. The first-order valence-corrected chi connectivity index (χ1v) is 22.3. The van der Waals surface area contributed by atoms with E-state index in [4.69, 9.17) is 14.5 Å². The number of nitrogens with zero attached hydrogens (tertiary/aromatic N) is 4. The molecule has 2 aliphatic carbocycles. The van der Waals surface area contributed by atoms with Gasteiger partial charge in [-0.25, -0.2) is 17.6 Å². The van der Waals surface area contributed by atoms with E-state index in [1.165, 1.54) is 14.0 Å². The van der Waals surface area contributed by atoms with Crippen molar-refractivity contribution in [1.29, 1.82) is 0 Å². The molecule has 3 N–H and O–H groups in total. The summed E-state index contributed by atoms with van der Waals surface area (Å²) in [5, 5.41) is 14.4. The van der Waals surface area contributed by atoms with Gasteiger partial charge >= 0.3 is 12.3 Å². The second-order valence-corrected chi connectivity index (χ2v) is 19.9. The topological polar surface area (TPSA) is 188 Å². The van der Waals surface area contributed by atoms with Crippen molar-refractivity contribution in [3.63, 3.8) is 0 Å². The van der Waals surface area contributed by atoms with Crippen LogP contribution >= 0.6 is 0 Å². The van der Waals surface area contributed by atoms with Gasteiger partial charge in [-0.3, -0.25) is 24.0 Å². The molecule has 1 aromatic heterocycles. The Hall–Kier alpha value is -4.88. The smallest absolute Gasteiger partial charge is 0.411 e. The number of nitrogens with one attached hydrogen (secondary N) is 2. The first-order valence-electron chi connectivity index (χ1n) is 20.8. The lowest BCUT2D eigenvalue weighted by molar-refractivity contribution is -0.222. The van der Waals surface area contributed by atoms with E-state index >= 15 is 4.79 Å². The first kappa shape index (κ1) is 46.6. The molecule has 2 saturated carbocycles. The van der Waals surface area contributed by atoms with Crippen molar-refractivity contribution >= 4 is 50.4 Å². The van der Waals surface area contributed by atoms with Crippen LogP contribution in [0.25, 0.3) is 10.8 Å². The van der Waals surface area contributed by atoms with E-state index in [-0.39, 0.29) is 48.8 Å². The molecule has 6 rings (SSSR count). The Balaban J connectivity index is 1.45. The van der Waals surface area contributed by atoms with E-state index in [0.29, 0.717) is 55.6 Å². The molecule has 1 aromatic carbocycles. The summed E-state index contributed by atoms with van der Waals surface area (Å²) in [6, 6.07) is 3.51. The number of anilines is 1. The lowest BCUT2D eigenvalue weighted by Gasteiger charge is -2.45. The Bertz CT molecular complexity index is 2220. The van der Waals surface area contributed by atoms with Crippen molar-refractivity contribution in [1.82, 2.24) is 24.8 Å². The summed E-state index contributed by atoms with van der Waals surface area (Å²) >= 11 is 0. The molecule has 15 nitrogen and oxygen atoms in total. The van der Waals surface area contributed by atoms with Crippen LogP contribution in [0.1, 0.15) is 79.6 Å². The SMILES string of the molecule is CCN(C)c1cc2cc(OC)ccc2c(O[C@@H]2C[C@H]3C(=O)N[C@]4(C(=O)NS(=O)(=O)C5(CF)CC5)C[C@H]4/C=C\CC[C@H](C)C[C@@H](C)[C@H](N(C(=O)O)C(C)(C)C(F)(F)F)C(=O)N3C2)n1. The average Bonchev–Trinajstić information content (AvgIpc) is 4.11.